The summed E-state index contributed by atoms with van der Waals surface area (Å²) in [7, 11) is 3.13. The van der Waals surface area contributed by atoms with Crippen LogP contribution in [0.25, 0.3) is 0 Å². The Morgan fingerprint density at radius 3 is 2.58 bits per heavy atom. The number of allylic oxidation sites excluding steroid dienone is 1. The third-order valence-electron chi connectivity index (χ3n) is 3.74. The fourth-order valence-electron chi connectivity index (χ4n) is 2.50. The quantitative estimate of drug-likeness (QED) is 0.793. The van der Waals surface area contributed by atoms with E-state index in [2.05, 4.69) is 16.9 Å². The first kappa shape index (κ1) is 17.5. The molecule has 126 valence electrons. The molecule has 1 amide bonds. The van der Waals surface area contributed by atoms with Crippen molar-refractivity contribution in [2.75, 3.05) is 14.2 Å². The van der Waals surface area contributed by atoms with E-state index in [0.717, 1.165) is 11.1 Å². The van der Waals surface area contributed by atoms with Crippen molar-refractivity contribution in [3.63, 3.8) is 0 Å². The second-order valence-electron chi connectivity index (χ2n) is 5.34. The molecule has 1 aromatic heterocycles. The summed E-state index contributed by atoms with van der Waals surface area (Å²) < 4.78 is 10.7. The van der Waals surface area contributed by atoms with Crippen LogP contribution in [0.4, 0.5) is 0 Å². The number of ether oxygens (including phenoxy) is 2. The van der Waals surface area contributed by atoms with Gasteiger partial charge in [0.1, 0.15) is 0 Å². The lowest BCUT2D eigenvalue weighted by Crippen LogP contribution is -2.26. The van der Waals surface area contributed by atoms with E-state index in [1.165, 1.54) is 0 Å². The maximum absolute atomic E-state index is 12.6. The Morgan fingerprint density at radius 1 is 1.29 bits per heavy atom. The molecule has 1 heterocycles. The number of hydrogen-bond acceptors (Lipinski definition) is 4. The number of hydrogen-bond donors (Lipinski definition) is 1. The highest BCUT2D eigenvalue weighted by Crippen LogP contribution is 2.33. The molecule has 1 atom stereocenters. The van der Waals surface area contributed by atoms with E-state index in [0.29, 0.717) is 23.5 Å². The predicted octanol–water partition coefficient (Wildman–Crippen LogP) is 3.32. The molecule has 0 unspecified atom stereocenters. The lowest BCUT2D eigenvalue weighted by atomic mass is 10.0. The monoisotopic (exact) mass is 326 g/mol. The zero-order valence-electron chi connectivity index (χ0n) is 14.2. The number of nitrogens with one attached hydrogen (secondary N) is 1. The van der Waals surface area contributed by atoms with E-state index in [1.54, 1.807) is 44.8 Å². The normalized spacial score (nSPS) is 11.5. The maximum Gasteiger partial charge on any atom is 0.251 e. The van der Waals surface area contributed by atoms with Crippen LogP contribution < -0.4 is 14.8 Å². The van der Waals surface area contributed by atoms with Crippen molar-refractivity contribution < 1.29 is 14.3 Å². The smallest absolute Gasteiger partial charge is 0.251 e. The van der Waals surface area contributed by atoms with Gasteiger partial charge in [-0.25, -0.2) is 0 Å². The highest BCUT2D eigenvalue weighted by Gasteiger charge is 2.17. The molecule has 24 heavy (non-hydrogen) atoms. The summed E-state index contributed by atoms with van der Waals surface area (Å²) >= 11 is 0. The van der Waals surface area contributed by atoms with Gasteiger partial charge >= 0.3 is 0 Å². The Bertz CT molecular complexity index is 714. The van der Waals surface area contributed by atoms with Crippen molar-refractivity contribution in [1.82, 2.24) is 10.3 Å². The maximum atomic E-state index is 12.6. The van der Waals surface area contributed by atoms with Crippen LogP contribution in [0.3, 0.4) is 0 Å². The van der Waals surface area contributed by atoms with E-state index in [-0.39, 0.29) is 11.9 Å². The van der Waals surface area contributed by atoms with E-state index >= 15 is 0 Å². The molecule has 0 fully saturated rings. The zero-order chi connectivity index (χ0) is 17.5. The fraction of sp³-hybridized carbons (Fsp3) is 0.263. The number of rotatable bonds is 7. The van der Waals surface area contributed by atoms with Gasteiger partial charge < -0.3 is 14.8 Å². The van der Waals surface area contributed by atoms with Gasteiger partial charge in [0.05, 0.1) is 20.3 Å². The van der Waals surface area contributed by atoms with Crippen molar-refractivity contribution in [3.8, 4) is 11.5 Å². The molecule has 0 aliphatic heterocycles. The Balaban J connectivity index is 2.28. The van der Waals surface area contributed by atoms with Crippen LogP contribution in [0, 0.1) is 0 Å². The van der Waals surface area contributed by atoms with Crippen LogP contribution in [0.5, 0.6) is 11.5 Å². The number of aromatic nitrogens is 1. The van der Waals surface area contributed by atoms with Crippen molar-refractivity contribution in [3.05, 3.63) is 66.0 Å². The number of carbonyl (C=O) groups excluding carboxylic acids is 1. The third-order valence-corrected chi connectivity index (χ3v) is 3.74. The van der Waals surface area contributed by atoms with Crippen LogP contribution >= 0.6 is 0 Å². The molecule has 0 radical (unpaired) electrons. The summed E-state index contributed by atoms with van der Waals surface area (Å²) in [5.74, 6) is 0.972. The Labute approximate surface area is 142 Å². The average molecular weight is 326 g/mol. The summed E-state index contributed by atoms with van der Waals surface area (Å²) in [6, 6.07) is 7.11. The molecule has 0 aliphatic rings. The van der Waals surface area contributed by atoms with Gasteiger partial charge in [-0.3, -0.25) is 9.78 Å². The largest absolute Gasteiger partial charge is 0.493 e. The van der Waals surface area contributed by atoms with Gasteiger partial charge in [-0.15, -0.1) is 6.58 Å². The van der Waals surface area contributed by atoms with Crippen LogP contribution in [-0.2, 0) is 6.42 Å². The SMILES string of the molecule is C=CCc1cc(C(=O)N[C@H](C)c2ccncc2)cc(OC)c1OC. The van der Waals surface area contributed by atoms with E-state index < -0.39 is 0 Å². The van der Waals surface area contributed by atoms with Crippen LogP contribution in [0.1, 0.15) is 34.5 Å². The van der Waals surface area contributed by atoms with E-state index in [9.17, 15) is 4.79 Å². The van der Waals surface area contributed by atoms with Crippen LogP contribution in [-0.4, -0.2) is 25.1 Å². The summed E-state index contributed by atoms with van der Waals surface area (Å²) in [4.78, 5) is 16.6. The molecular formula is C19H22N2O3. The van der Waals surface area contributed by atoms with E-state index in [1.807, 2.05) is 19.1 Å². The van der Waals surface area contributed by atoms with E-state index in [4.69, 9.17) is 9.47 Å². The van der Waals surface area contributed by atoms with Gasteiger partial charge in [-0.1, -0.05) is 6.08 Å². The number of nitrogens with zero attached hydrogens (tertiary/aromatic N) is 1. The number of pyridine rings is 1. The minimum absolute atomic E-state index is 0.128. The van der Waals surface area contributed by atoms with Gasteiger partial charge in [0.25, 0.3) is 5.91 Å². The summed E-state index contributed by atoms with van der Waals surface area (Å²) in [6.45, 7) is 5.68. The van der Waals surface area contributed by atoms with Crippen LogP contribution in [0.15, 0.2) is 49.3 Å². The highest BCUT2D eigenvalue weighted by atomic mass is 16.5. The highest BCUT2D eigenvalue weighted by molar-refractivity contribution is 5.95. The van der Waals surface area contributed by atoms with Gasteiger partial charge in [-0.05, 0) is 43.2 Å². The molecule has 5 heteroatoms. The zero-order valence-corrected chi connectivity index (χ0v) is 14.2. The Hall–Kier alpha value is -2.82. The molecule has 2 rings (SSSR count). The first-order valence-corrected chi connectivity index (χ1v) is 7.67. The van der Waals surface area contributed by atoms with Gasteiger partial charge in [-0.2, -0.15) is 0 Å². The van der Waals surface area contributed by atoms with Crippen molar-refractivity contribution in [2.45, 2.75) is 19.4 Å². The minimum atomic E-state index is -0.175. The second kappa shape index (κ2) is 8.15. The van der Waals surface area contributed by atoms with Gasteiger partial charge in [0, 0.05) is 23.5 Å². The van der Waals surface area contributed by atoms with Crippen LogP contribution in [0.2, 0.25) is 0 Å². The third kappa shape index (κ3) is 3.93. The predicted molar refractivity (Wildman–Crippen MR) is 93.6 cm³/mol. The first-order valence-electron chi connectivity index (χ1n) is 7.67. The molecule has 0 aliphatic carbocycles. The van der Waals surface area contributed by atoms with Gasteiger partial charge in [0.2, 0.25) is 0 Å². The molecular weight excluding hydrogens is 304 g/mol. The van der Waals surface area contributed by atoms with Gasteiger partial charge in [0.15, 0.2) is 11.5 Å². The summed E-state index contributed by atoms with van der Waals surface area (Å²) in [6.07, 6.45) is 5.76. The molecule has 0 spiro atoms. The number of methoxy groups -OCH3 is 2. The first-order chi connectivity index (χ1) is 11.6. The van der Waals surface area contributed by atoms with Crippen molar-refractivity contribution in [2.24, 2.45) is 0 Å². The molecule has 2 aromatic rings. The Kier molecular flexibility index (Phi) is 5.95. The number of carbonyl (C=O) groups is 1. The minimum Gasteiger partial charge on any atom is -0.493 e. The topological polar surface area (TPSA) is 60.5 Å². The number of benzene rings is 1. The molecule has 0 saturated carbocycles. The summed E-state index contributed by atoms with van der Waals surface area (Å²) in [5.41, 5.74) is 2.36. The fourth-order valence-corrected chi connectivity index (χ4v) is 2.50. The number of amides is 1. The lowest BCUT2D eigenvalue weighted by molar-refractivity contribution is 0.0939. The standard InChI is InChI=1S/C19H22N2O3/c1-5-6-15-11-16(12-17(23-3)18(15)24-4)19(22)21-13(2)14-7-9-20-10-8-14/h5,7-13H,1,6H2,2-4H3,(H,21,22)/t13-/m1/s1. The second-order valence-corrected chi connectivity index (χ2v) is 5.34. The Morgan fingerprint density at radius 2 is 2.00 bits per heavy atom. The molecule has 0 bridgehead atoms. The molecule has 1 N–H and O–H groups in total. The average Bonchev–Trinajstić information content (AvgIpc) is 2.61. The lowest BCUT2D eigenvalue weighted by Gasteiger charge is -2.17. The van der Waals surface area contributed by atoms with Crippen molar-refractivity contribution in [1.29, 1.82) is 0 Å². The molecule has 0 saturated heterocycles. The molecule has 5 nitrogen and oxygen atoms in total. The van der Waals surface area contributed by atoms with Crippen molar-refractivity contribution >= 4 is 5.91 Å². The molecule has 1 aromatic carbocycles. The summed E-state index contributed by atoms with van der Waals surface area (Å²) in [5, 5.41) is 2.98.